The first-order chi connectivity index (χ1) is 9.78. The van der Waals surface area contributed by atoms with Crippen LogP contribution in [-0.2, 0) is 6.42 Å². The summed E-state index contributed by atoms with van der Waals surface area (Å²) in [5.74, 6) is 3.03. The van der Waals surface area contributed by atoms with Crippen LogP contribution in [0.4, 0.5) is 0 Å². The van der Waals surface area contributed by atoms with E-state index in [0.717, 1.165) is 36.6 Å². The minimum Gasteiger partial charge on any atom is -0.493 e. The third kappa shape index (κ3) is 6.51. The van der Waals surface area contributed by atoms with Crippen molar-refractivity contribution < 1.29 is 4.74 Å². The fourth-order valence-electron chi connectivity index (χ4n) is 1.92. The summed E-state index contributed by atoms with van der Waals surface area (Å²) in [5, 5.41) is 1.09. The molecule has 0 N–H and O–H groups in total. The van der Waals surface area contributed by atoms with Gasteiger partial charge in [-0.3, -0.25) is 4.31 Å². The van der Waals surface area contributed by atoms with Crippen LogP contribution in [0.1, 0.15) is 24.8 Å². The first-order valence-corrected chi connectivity index (χ1v) is 9.46. The van der Waals surface area contributed by atoms with Crippen molar-refractivity contribution in [2.45, 2.75) is 25.7 Å². The Morgan fingerprint density at radius 3 is 3.00 bits per heavy atom. The minimum absolute atomic E-state index is 0.815. The van der Waals surface area contributed by atoms with Gasteiger partial charge in [0, 0.05) is 17.6 Å². The van der Waals surface area contributed by atoms with Gasteiger partial charge in [-0.1, -0.05) is 40.0 Å². The number of halogens is 1. The molecule has 1 saturated carbocycles. The maximum absolute atomic E-state index is 5.83. The Labute approximate surface area is 135 Å². The van der Waals surface area contributed by atoms with E-state index in [1.54, 1.807) is 0 Å². The summed E-state index contributed by atoms with van der Waals surface area (Å²) in [6, 6.07) is 8.57. The molecular formula is C16H24BrNOS. The molecule has 0 atom stereocenters. The van der Waals surface area contributed by atoms with Crippen molar-refractivity contribution in [3.63, 3.8) is 0 Å². The smallest absolute Gasteiger partial charge is 0.119 e. The lowest BCUT2D eigenvalue weighted by Crippen LogP contribution is -2.14. The molecule has 0 radical (unpaired) electrons. The molecule has 0 spiro atoms. The molecule has 0 amide bonds. The van der Waals surface area contributed by atoms with Gasteiger partial charge >= 0.3 is 0 Å². The molecular weight excluding hydrogens is 334 g/mol. The van der Waals surface area contributed by atoms with E-state index >= 15 is 0 Å². The molecule has 2 nitrogen and oxygen atoms in total. The second-order valence-corrected chi connectivity index (χ2v) is 7.46. The second-order valence-electron chi connectivity index (χ2n) is 5.38. The number of hydrogen-bond acceptors (Lipinski definition) is 3. The van der Waals surface area contributed by atoms with Crippen LogP contribution in [-0.4, -0.2) is 35.6 Å². The van der Waals surface area contributed by atoms with Gasteiger partial charge in [0.2, 0.25) is 0 Å². The molecule has 0 heterocycles. The Morgan fingerprint density at radius 1 is 1.40 bits per heavy atom. The van der Waals surface area contributed by atoms with E-state index in [2.05, 4.69) is 51.5 Å². The van der Waals surface area contributed by atoms with Crippen molar-refractivity contribution in [1.82, 2.24) is 4.31 Å². The summed E-state index contributed by atoms with van der Waals surface area (Å²) < 4.78 is 8.17. The van der Waals surface area contributed by atoms with Gasteiger partial charge in [-0.05, 0) is 56.3 Å². The SMILES string of the molecule is CN(CCc1cccc(OCC2CC2)c1)SCCCBr. The molecule has 1 aliphatic carbocycles. The van der Waals surface area contributed by atoms with Crippen LogP contribution in [0, 0.1) is 5.92 Å². The van der Waals surface area contributed by atoms with Crippen LogP contribution in [0.2, 0.25) is 0 Å². The van der Waals surface area contributed by atoms with Gasteiger partial charge < -0.3 is 4.74 Å². The van der Waals surface area contributed by atoms with Crippen LogP contribution in [0.15, 0.2) is 24.3 Å². The lowest BCUT2D eigenvalue weighted by Gasteiger charge is -2.15. The Morgan fingerprint density at radius 2 is 2.25 bits per heavy atom. The van der Waals surface area contributed by atoms with Crippen molar-refractivity contribution in [1.29, 1.82) is 0 Å². The topological polar surface area (TPSA) is 12.5 Å². The first kappa shape index (κ1) is 16.2. The molecule has 0 aliphatic heterocycles. The van der Waals surface area contributed by atoms with Crippen LogP contribution >= 0.6 is 27.9 Å². The Kier molecular flexibility index (Phi) is 7.25. The van der Waals surface area contributed by atoms with Crippen LogP contribution in [0.5, 0.6) is 5.75 Å². The van der Waals surface area contributed by atoms with Gasteiger partial charge in [0.1, 0.15) is 5.75 Å². The maximum Gasteiger partial charge on any atom is 0.119 e. The third-order valence-electron chi connectivity index (χ3n) is 3.39. The highest BCUT2D eigenvalue weighted by Crippen LogP contribution is 2.29. The molecule has 4 heteroatoms. The lowest BCUT2D eigenvalue weighted by atomic mass is 10.1. The summed E-state index contributed by atoms with van der Waals surface area (Å²) in [7, 11) is 2.17. The van der Waals surface area contributed by atoms with Crippen molar-refractivity contribution in [2.75, 3.05) is 31.3 Å². The van der Waals surface area contributed by atoms with Gasteiger partial charge in [-0.25, -0.2) is 0 Å². The molecule has 20 heavy (non-hydrogen) atoms. The third-order valence-corrected chi connectivity index (χ3v) is 5.04. The molecule has 1 aliphatic rings. The molecule has 0 saturated heterocycles. The molecule has 0 aromatic heterocycles. The summed E-state index contributed by atoms with van der Waals surface area (Å²) in [5.41, 5.74) is 1.37. The standard InChI is InChI=1S/C16H24BrNOS/c1-18(20-11-3-9-17)10-8-14-4-2-5-16(12-14)19-13-15-6-7-15/h2,4-5,12,15H,3,6-11,13H2,1H3. The summed E-state index contributed by atoms with van der Waals surface area (Å²) in [4.78, 5) is 0. The van der Waals surface area contributed by atoms with Crippen molar-refractivity contribution >= 4 is 27.9 Å². The van der Waals surface area contributed by atoms with Crippen molar-refractivity contribution in [3.8, 4) is 5.75 Å². The van der Waals surface area contributed by atoms with Crippen LogP contribution in [0.3, 0.4) is 0 Å². The van der Waals surface area contributed by atoms with Gasteiger partial charge in [-0.15, -0.1) is 0 Å². The van der Waals surface area contributed by atoms with Gasteiger partial charge in [-0.2, -0.15) is 0 Å². The molecule has 0 bridgehead atoms. The number of benzene rings is 1. The van der Waals surface area contributed by atoms with E-state index in [0.29, 0.717) is 0 Å². The average molecular weight is 358 g/mol. The predicted octanol–water partition coefficient (Wildman–Crippen LogP) is 4.38. The normalized spacial score (nSPS) is 14.8. The zero-order valence-electron chi connectivity index (χ0n) is 12.2. The van der Waals surface area contributed by atoms with Crippen LogP contribution < -0.4 is 4.74 Å². The number of likely N-dealkylation sites (N-methyl/N-ethyl adjacent to an activating group) is 1. The summed E-state index contributed by atoms with van der Waals surface area (Å²) in [6.07, 6.45) is 4.99. The number of alkyl halides is 1. The van der Waals surface area contributed by atoms with Crippen molar-refractivity contribution in [3.05, 3.63) is 29.8 Å². The highest BCUT2D eigenvalue weighted by Gasteiger charge is 2.21. The highest BCUT2D eigenvalue weighted by molar-refractivity contribution is 9.09. The van der Waals surface area contributed by atoms with E-state index in [-0.39, 0.29) is 0 Å². The number of ether oxygens (including phenoxy) is 1. The fraction of sp³-hybridized carbons (Fsp3) is 0.625. The maximum atomic E-state index is 5.83. The summed E-state index contributed by atoms with van der Waals surface area (Å²) >= 11 is 5.39. The lowest BCUT2D eigenvalue weighted by molar-refractivity contribution is 0.299. The van der Waals surface area contributed by atoms with E-state index in [4.69, 9.17) is 4.74 Å². The quantitative estimate of drug-likeness (QED) is 0.350. The average Bonchev–Trinajstić information content (AvgIpc) is 3.28. The van der Waals surface area contributed by atoms with E-state index in [1.165, 1.54) is 30.6 Å². The number of hydrogen-bond donors (Lipinski definition) is 0. The molecule has 1 aromatic rings. The van der Waals surface area contributed by atoms with E-state index in [9.17, 15) is 0 Å². The predicted molar refractivity (Wildman–Crippen MR) is 91.9 cm³/mol. The van der Waals surface area contributed by atoms with E-state index < -0.39 is 0 Å². The Hall–Kier alpha value is -0.190. The number of rotatable bonds is 10. The van der Waals surface area contributed by atoms with Gasteiger partial charge in [0.15, 0.2) is 0 Å². The molecule has 2 rings (SSSR count). The van der Waals surface area contributed by atoms with Gasteiger partial charge in [0.05, 0.1) is 6.61 Å². The molecule has 1 aromatic carbocycles. The number of nitrogens with zero attached hydrogens (tertiary/aromatic N) is 1. The van der Waals surface area contributed by atoms with Crippen molar-refractivity contribution in [2.24, 2.45) is 5.92 Å². The van der Waals surface area contributed by atoms with E-state index in [1.807, 2.05) is 11.9 Å². The fourth-order valence-corrected chi connectivity index (χ4v) is 3.37. The van der Waals surface area contributed by atoms with Crippen LogP contribution in [0.25, 0.3) is 0 Å². The molecule has 112 valence electrons. The van der Waals surface area contributed by atoms with Gasteiger partial charge in [0.25, 0.3) is 0 Å². The zero-order chi connectivity index (χ0) is 14.2. The summed E-state index contributed by atoms with van der Waals surface area (Å²) in [6.45, 7) is 1.98. The Bertz CT molecular complexity index is 398. The first-order valence-electron chi connectivity index (χ1n) is 7.39. The molecule has 0 unspecified atom stereocenters. The monoisotopic (exact) mass is 357 g/mol. The second kappa shape index (κ2) is 8.96. The zero-order valence-corrected chi connectivity index (χ0v) is 14.6. The highest BCUT2D eigenvalue weighted by atomic mass is 79.9. The Balaban J connectivity index is 1.69. The minimum atomic E-state index is 0.815. The largest absolute Gasteiger partial charge is 0.493 e. The molecule has 1 fully saturated rings.